The number of nitrogens with zero attached hydrogens (tertiary/aromatic N) is 1. The first kappa shape index (κ1) is 15.5. The minimum absolute atomic E-state index is 0.100. The molecule has 2 rings (SSSR count). The number of aromatic carboxylic acids is 1. The second kappa shape index (κ2) is 6.26. The zero-order chi connectivity index (χ0) is 15.6. The number of carbonyl (C=O) groups excluding carboxylic acids is 1. The predicted molar refractivity (Wildman–Crippen MR) is 80.9 cm³/mol. The molecule has 0 aliphatic heterocycles. The summed E-state index contributed by atoms with van der Waals surface area (Å²) in [5.41, 5.74) is 1.67. The van der Waals surface area contributed by atoms with Crippen LogP contribution in [0.2, 0.25) is 0 Å². The number of rotatable bonds is 6. The molecule has 0 heterocycles. The first-order valence-electron chi connectivity index (χ1n) is 7.23. The number of hydrogen-bond donors (Lipinski definition) is 2. The topological polar surface area (TPSA) is 69.6 Å². The van der Waals surface area contributed by atoms with E-state index in [4.69, 9.17) is 0 Å². The number of aryl methyl sites for hydroxylation is 2. The van der Waals surface area contributed by atoms with Gasteiger partial charge in [0, 0.05) is 19.1 Å². The van der Waals surface area contributed by atoms with Crippen molar-refractivity contribution in [3.8, 4) is 0 Å². The lowest BCUT2D eigenvalue weighted by Gasteiger charge is -2.17. The number of likely N-dealkylation sites (N-methyl/N-ethyl adjacent to an activating group) is 1. The van der Waals surface area contributed by atoms with Gasteiger partial charge in [0.1, 0.15) is 0 Å². The maximum absolute atomic E-state index is 12.3. The van der Waals surface area contributed by atoms with E-state index in [0.717, 1.165) is 6.54 Å². The monoisotopic (exact) mass is 290 g/mol. The fraction of sp³-hybridized carbons (Fsp3) is 0.500. The van der Waals surface area contributed by atoms with Crippen LogP contribution in [0.5, 0.6) is 0 Å². The summed E-state index contributed by atoms with van der Waals surface area (Å²) in [6.07, 6.45) is 2.45. The second-order valence-corrected chi connectivity index (χ2v) is 5.72. The highest BCUT2D eigenvalue weighted by Crippen LogP contribution is 2.24. The van der Waals surface area contributed by atoms with Crippen LogP contribution >= 0.6 is 0 Å². The van der Waals surface area contributed by atoms with Crippen LogP contribution in [0.25, 0.3) is 0 Å². The number of hydrogen-bond acceptors (Lipinski definition) is 3. The number of carbonyl (C=O) groups is 2. The van der Waals surface area contributed by atoms with Gasteiger partial charge in [-0.1, -0.05) is 12.1 Å². The van der Waals surface area contributed by atoms with Crippen molar-refractivity contribution in [3.05, 3.63) is 34.4 Å². The van der Waals surface area contributed by atoms with Gasteiger partial charge in [0.05, 0.1) is 11.1 Å². The van der Waals surface area contributed by atoms with E-state index in [1.165, 1.54) is 12.8 Å². The van der Waals surface area contributed by atoms with Gasteiger partial charge < -0.3 is 15.3 Å². The van der Waals surface area contributed by atoms with Gasteiger partial charge in [-0.05, 0) is 44.9 Å². The van der Waals surface area contributed by atoms with Gasteiger partial charge in [0.25, 0.3) is 5.91 Å². The smallest absolute Gasteiger partial charge is 0.336 e. The van der Waals surface area contributed by atoms with Gasteiger partial charge in [-0.25, -0.2) is 4.79 Å². The van der Waals surface area contributed by atoms with E-state index in [0.29, 0.717) is 23.7 Å². The molecular formula is C16H22N2O3. The Bertz CT molecular complexity index is 565. The standard InChI is InChI=1S/C16H22N2O3/c1-10-4-5-11(2)14(16(20)21)13(10)15(19)17-8-9-18(3)12-6-7-12/h4-5,12H,6-9H2,1-3H3,(H,17,19)(H,20,21). The molecule has 114 valence electrons. The molecule has 1 aliphatic rings. The number of carboxylic acids is 1. The highest BCUT2D eigenvalue weighted by atomic mass is 16.4. The van der Waals surface area contributed by atoms with Crippen LogP contribution in [0.1, 0.15) is 44.7 Å². The molecule has 2 N–H and O–H groups in total. The molecule has 1 amide bonds. The average Bonchev–Trinajstić information content (AvgIpc) is 3.24. The highest BCUT2D eigenvalue weighted by Gasteiger charge is 2.26. The molecule has 1 aliphatic carbocycles. The average molecular weight is 290 g/mol. The fourth-order valence-corrected chi connectivity index (χ4v) is 2.51. The van der Waals surface area contributed by atoms with E-state index in [9.17, 15) is 14.7 Å². The maximum atomic E-state index is 12.3. The Kier molecular flexibility index (Phi) is 4.63. The fourth-order valence-electron chi connectivity index (χ4n) is 2.51. The van der Waals surface area contributed by atoms with E-state index in [2.05, 4.69) is 10.2 Å². The summed E-state index contributed by atoms with van der Waals surface area (Å²) in [6, 6.07) is 4.17. The van der Waals surface area contributed by atoms with Crippen molar-refractivity contribution in [3.63, 3.8) is 0 Å². The zero-order valence-electron chi connectivity index (χ0n) is 12.8. The molecule has 1 aromatic rings. The number of nitrogens with one attached hydrogen (secondary N) is 1. The summed E-state index contributed by atoms with van der Waals surface area (Å²) in [7, 11) is 2.05. The summed E-state index contributed by atoms with van der Waals surface area (Å²) < 4.78 is 0. The first-order chi connectivity index (χ1) is 9.91. The molecule has 0 saturated heterocycles. The summed E-state index contributed by atoms with van der Waals surface area (Å²) in [5.74, 6) is -1.37. The van der Waals surface area contributed by atoms with Crippen LogP contribution < -0.4 is 5.32 Å². The molecular weight excluding hydrogens is 268 g/mol. The third-order valence-corrected chi connectivity index (χ3v) is 3.98. The van der Waals surface area contributed by atoms with Crippen molar-refractivity contribution in [1.29, 1.82) is 0 Å². The molecule has 5 nitrogen and oxygen atoms in total. The molecule has 5 heteroatoms. The molecule has 1 saturated carbocycles. The van der Waals surface area contributed by atoms with Crippen molar-refractivity contribution < 1.29 is 14.7 Å². The summed E-state index contributed by atoms with van der Waals surface area (Å²) >= 11 is 0. The van der Waals surface area contributed by atoms with E-state index in [-0.39, 0.29) is 17.0 Å². The summed E-state index contributed by atoms with van der Waals surface area (Å²) in [6.45, 7) is 4.78. The van der Waals surface area contributed by atoms with Gasteiger partial charge in [-0.2, -0.15) is 0 Å². The Morgan fingerprint density at radius 2 is 1.81 bits per heavy atom. The Labute approximate surface area is 125 Å². The van der Waals surface area contributed by atoms with Crippen LogP contribution in [0.15, 0.2) is 12.1 Å². The highest BCUT2D eigenvalue weighted by molar-refractivity contribution is 6.06. The van der Waals surface area contributed by atoms with Gasteiger partial charge >= 0.3 is 5.97 Å². The molecule has 1 fully saturated rings. The molecule has 0 atom stereocenters. The van der Waals surface area contributed by atoms with Crippen LogP contribution in [-0.2, 0) is 0 Å². The van der Waals surface area contributed by atoms with Crippen molar-refractivity contribution >= 4 is 11.9 Å². The molecule has 0 aromatic heterocycles. The summed E-state index contributed by atoms with van der Waals surface area (Å²) in [4.78, 5) is 25.9. The Morgan fingerprint density at radius 1 is 1.24 bits per heavy atom. The number of amides is 1. The minimum Gasteiger partial charge on any atom is -0.478 e. The van der Waals surface area contributed by atoms with Gasteiger partial charge in [0.15, 0.2) is 0 Å². The molecule has 0 unspecified atom stereocenters. The molecule has 0 radical (unpaired) electrons. The minimum atomic E-state index is -1.06. The molecule has 21 heavy (non-hydrogen) atoms. The molecule has 0 spiro atoms. The van der Waals surface area contributed by atoms with E-state index >= 15 is 0 Å². The van der Waals surface area contributed by atoms with E-state index < -0.39 is 5.97 Å². The van der Waals surface area contributed by atoms with E-state index in [1.807, 2.05) is 7.05 Å². The Morgan fingerprint density at radius 3 is 2.33 bits per heavy atom. The molecule has 0 bridgehead atoms. The normalized spacial score (nSPS) is 14.3. The number of benzene rings is 1. The van der Waals surface area contributed by atoms with Crippen molar-refractivity contribution in [1.82, 2.24) is 10.2 Å². The van der Waals surface area contributed by atoms with Gasteiger partial charge in [-0.3, -0.25) is 4.79 Å². The van der Waals surface area contributed by atoms with Crippen LogP contribution in [0, 0.1) is 13.8 Å². The Hall–Kier alpha value is -1.88. The van der Waals surface area contributed by atoms with E-state index in [1.54, 1.807) is 26.0 Å². The Balaban J connectivity index is 2.07. The third-order valence-electron chi connectivity index (χ3n) is 3.98. The zero-order valence-corrected chi connectivity index (χ0v) is 12.8. The lowest BCUT2D eigenvalue weighted by molar-refractivity contribution is 0.0690. The first-order valence-corrected chi connectivity index (χ1v) is 7.23. The lowest BCUT2D eigenvalue weighted by Crippen LogP contribution is -2.35. The van der Waals surface area contributed by atoms with Crippen molar-refractivity contribution in [2.45, 2.75) is 32.7 Å². The van der Waals surface area contributed by atoms with Crippen molar-refractivity contribution in [2.24, 2.45) is 0 Å². The van der Waals surface area contributed by atoms with Gasteiger partial charge in [0.2, 0.25) is 0 Å². The number of carboxylic acid groups (broad SMARTS) is 1. The largest absolute Gasteiger partial charge is 0.478 e. The quantitative estimate of drug-likeness (QED) is 0.838. The summed E-state index contributed by atoms with van der Waals surface area (Å²) in [5, 5.41) is 12.2. The second-order valence-electron chi connectivity index (χ2n) is 5.72. The van der Waals surface area contributed by atoms with Crippen LogP contribution in [0.3, 0.4) is 0 Å². The van der Waals surface area contributed by atoms with Crippen LogP contribution in [0.4, 0.5) is 0 Å². The third kappa shape index (κ3) is 3.61. The molecule has 1 aromatic carbocycles. The lowest BCUT2D eigenvalue weighted by atomic mass is 9.96. The SMILES string of the molecule is Cc1ccc(C)c(C(=O)NCCN(C)C2CC2)c1C(=O)O. The van der Waals surface area contributed by atoms with Gasteiger partial charge in [-0.15, -0.1) is 0 Å². The van der Waals surface area contributed by atoms with Crippen molar-refractivity contribution in [2.75, 3.05) is 20.1 Å². The maximum Gasteiger partial charge on any atom is 0.336 e. The predicted octanol–water partition coefficient (Wildman–Crippen LogP) is 1.83. The van der Waals surface area contributed by atoms with Crippen LogP contribution in [-0.4, -0.2) is 48.1 Å².